The molecule has 0 saturated heterocycles. The van der Waals surface area contributed by atoms with Gasteiger partial charge in [-0.2, -0.15) is 13.2 Å². The van der Waals surface area contributed by atoms with Crippen molar-refractivity contribution in [3.8, 4) is 0 Å². The highest BCUT2D eigenvalue weighted by Crippen LogP contribution is 2.32. The Kier molecular flexibility index (Phi) is 10.4. The lowest BCUT2D eigenvalue weighted by Crippen LogP contribution is -2.41. The number of aromatic nitrogens is 1. The second kappa shape index (κ2) is 13.3. The molecule has 2 aromatic heterocycles. The number of carbonyl (C=O) groups excluding carboxylic acids is 2. The number of hydrogen-bond donors (Lipinski definition) is 4. The molecule has 0 spiro atoms. The molecular weight excluding hydrogens is 593 g/mol. The van der Waals surface area contributed by atoms with Crippen molar-refractivity contribution in [2.45, 2.75) is 29.8 Å². The number of alkyl halides is 3. The quantitative estimate of drug-likeness (QED) is 0.178. The number of carbonyl (C=O) groups is 2. The SMILES string of the molecule is CN(C)c1ccc(C(=O)NCc2ccc(S(=O)(=O)NNC(=O)CCCNc3ncc(C(F)(F)F)cc3Cl)s2)cc1. The zero-order chi connectivity index (χ0) is 29.5. The first-order valence-corrected chi connectivity index (χ1v) is 14.4. The van der Waals surface area contributed by atoms with Gasteiger partial charge in [-0.15, -0.1) is 16.2 Å². The van der Waals surface area contributed by atoms with Crippen molar-refractivity contribution in [3.63, 3.8) is 0 Å². The molecule has 0 unspecified atom stereocenters. The molecular formula is C24H26ClF3N6O4S2. The molecule has 3 rings (SSSR count). The number of nitrogens with one attached hydrogen (secondary N) is 4. The van der Waals surface area contributed by atoms with Crippen LogP contribution in [0.4, 0.5) is 24.7 Å². The van der Waals surface area contributed by atoms with Crippen molar-refractivity contribution in [2.24, 2.45) is 0 Å². The molecule has 0 bridgehead atoms. The Morgan fingerprint density at radius 1 is 1.10 bits per heavy atom. The number of hydrogen-bond acceptors (Lipinski definition) is 8. The molecule has 2 heterocycles. The molecule has 0 aliphatic carbocycles. The second-order valence-corrected chi connectivity index (χ2v) is 12.1. The smallest absolute Gasteiger partial charge is 0.378 e. The summed E-state index contributed by atoms with van der Waals surface area (Å²) < 4.78 is 63.0. The number of sulfonamides is 1. The number of anilines is 2. The maximum absolute atomic E-state index is 12.7. The maximum Gasteiger partial charge on any atom is 0.417 e. The van der Waals surface area contributed by atoms with Crippen molar-refractivity contribution in [2.75, 3.05) is 30.9 Å². The van der Waals surface area contributed by atoms with E-state index in [4.69, 9.17) is 11.6 Å². The van der Waals surface area contributed by atoms with Gasteiger partial charge in [0.05, 0.1) is 17.1 Å². The van der Waals surface area contributed by atoms with Gasteiger partial charge in [0.15, 0.2) is 0 Å². The minimum Gasteiger partial charge on any atom is -0.378 e. The van der Waals surface area contributed by atoms with Crippen LogP contribution in [-0.4, -0.2) is 45.9 Å². The van der Waals surface area contributed by atoms with Gasteiger partial charge in [-0.25, -0.2) is 13.4 Å². The Hall–Kier alpha value is -3.40. The summed E-state index contributed by atoms with van der Waals surface area (Å²) >= 11 is 6.75. The van der Waals surface area contributed by atoms with Gasteiger partial charge in [0.1, 0.15) is 10.0 Å². The first kappa shape index (κ1) is 31.1. The van der Waals surface area contributed by atoms with E-state index in [1.807, 2.05) is 36.0 Å². The normalized spacial score (nSPS) is 11.7. The van der Waals surface area contributed by atoms with Crippen molar-refractivity contribution in [1.29, 1.82) is 0 Å². The van der Waals surface area contributed by atoms with Crippen LogP contribution in [0.3, 0.4) is 0 Å². The third-order valence-corrected chi connectivity index (χ3v) is 8.45. The Balaban J connectivity index is 1.41. The summed E-state index contributed by atoms with van der Waals surface area (Å²) in [7, 11) is -0.271. The van der Waals surface area contributed by atoms with Gasteiger partial charge in [0.2, 0.25) is 5.91 Å². The first-order valence-electron chi connectivity index (χ1n) is 11.7. The fraction of sp³-hybridized carbons (Fsp3) is 0.292. The lowest BCUT2D eigenvalue weighted by molar-refractivity contribution is -0.137. The van der Waals surface area contributed by atoms with Crippen LogP contribution in [0.2, 0.25) is 5.02 Å². The third kappa shape index (κ3) is 8.81. The van der Waals surface area contributed by atoms with E-state index in [1.165, 1.54) is 6.07 Å². The highest BCUT2D eigenvalue weighted by molar-refractivity contribution is 7.91. The van der Waals surface area contributed by atoms with E-state index in [0.717, 1.165) is 23.1 Å². The Morgan fingerprint density at radius 2 is 1.80 bits per heavy atom. The topological polar surface area (TPSA) is 133 Å². The van der Waals surface area contributed by atoms with Gasteiger partial charge in [0.25, 0.3) is 15.9 Å². The number of nitrogens with zero attached hydrogens (tertiary/aromatic N) is 2. The summed E-state index contributed by atoms with van der Waals surface area (Å²) in [5, 5.41) is 5.24. The molecule has 0 radical (unpaired) electrons. The fourth-order valence-corrected chi connectivity index (χ4v) is 5.58. The number of halogens is 4. The van der Waals surface area contributed by atoms with E-state index in [9.17, 15) is 31.2 Å². The highest BCUT2D eigenvalue weighted by atomic mass is 35.5. The van der Waals surface area contributed by atoms with Crippen LogP contribution in [0.15, 0.2) is 52.9 Å². The zero-order valence-electron chi connectivity index (χ0n) is 21.3. The summed E-state index contributed by atoms with van der Waals surface area (Å²) in [6, 6.07) is 10.7. The number of thiophene rings is 1. The van der Waals surface area contributed by atoms with Crippen LogP contribution in [0, 0.1) is 0 Å². The molecule has 216 valence electrons. The molecule has 3 aromatic rings. The number of amides is 2. The molecule has 40 heavy (non-hydrogen) atoms. The summed E-state index contributed by atoms with van der Waals surface area (Å²) in [5.74, 6) is -0.900. The van der Waals surface area contributed by atoms with Crippen molar-refractivity contribution >= 4 is 56.3 Å². The number of hydrazine groups is 1. The molecule has 0 aliphatic rings. The predicted octanol–water partition coefficient (Wildman–Crippen LogP) is 4.01. The number of pyridine rings is 1. The highest BCUT2D eigenvalue weighted by Gasteiger charge is 2.31. The van der Waals surface area contributed by atoms with Gasteiger partial charge >= 0.3 is 6.18 Å². The zero-order valence-corrected chi connectivity index (χ0v) is 23.7. The summed E-state index contributed by atoms with van der Waals surface area (Å²) in [5.41, 5.74) is 2.54. The molecule has 1 aromatic carbocycles. The van der Waals surface area contributed by atoms with Crippen molar-refractivity contribution < 1.29 is 31.2 Å². The van der Waals surface area contributed by atoms with E-state index in [-0.39, 0.29) is 46.9 Å². The lowest BCUT2D eigenvalue weighted by Gasteiger charge is -2.12. The lowest BCUT2D eigenvalue weighted by atomic mass is 10.2. The first-order chi connectivity index (χ1) is 18.8. The monoisotopic (exact) mass is 618 g/mol. The standard InChI is InChI=1S/C24H26ClF3N6O4S2/c1-34(2)17-7-5-15(6-8-17)23(36)31-14-18-9-10-21(39-18)40(37,38)33-32-20(35)4-3-11-29-22-19(25)12-16(13-30-22)24(26,27)28/h5-10,12-13,33H,3-4,11,14H2,1-2H3,(H,29,30)(H,31,36)(H,32,35). The van der Waals surface area contributed by atoms with E-state index >= 15 is 0 Å². The van der Waals surface area contributed by atoms with Gasteiger partial charge in [-0.3, -0.25) is 15.0 Å². The fourth-order valence-electron chi connectivity index (χ4n) is 3.19. The van der Waals surface area contributed by atoms with E-state index in [0.29, 0.717) is 16.6 Å². The summed E-state index contributed by atoms with van der Waals surface area (Å²) in [6.45, 7) is 0.268. The Labute approximate surface area is 238 Å². The van der Waals surface area contributed by atoms with Crippen LogP contribution in [0.5, 0.6) is 0 Å². The second-order valence-electron chi connectivity index (χ2n) is 8.58. The van der Waals surface area contributed by atoms with Crippen LogP contribution in [-0.2, 0) is 27.5 Å². The molecule has 0 saturated carbocycles. The largest absolute Gasteiger partial charge is 0.417 e. The molecule has 0 atom stereocenters. The van der Waals surface area contributed by atoms with Gasteiger partial charge < -0.3 is 15.5 Å². The minimum atomic E-state index is -4.57. The van der Waals surface area contributed by atoms with Crippen LogP contribution >= 0.6 is 22.9 Å². The molecule has 10 nitrogen and oxygen atoms in total. The van der Waals surface area contributed by atoms with Crippen molar-refractivity contribution in [1.82, 2.24) is 20.6 Å². The Morgan fingerprint density at radius 3 is 2.42 bits per heavy atom. The van der Waals surface area contributed by atoms with E-state index in [1.54, 1.807) is 18.2 Å². The average molecular weight is 619 g/mol. The summed E-state index contributed by atoms with van der Waals surface area (Å²) in [4.78, 5) is 32.6. The van der Waals surface area contributed by atoms with Gasteiger partial charge in [-0.05, 0) is 48.9 Å². The minimum absolute atomic E-state index is 0.0303. The molecule has 16 heteroatoms. The molecule has 0 aliphatic heterocycles. The van der Waals surface area contributed by atoms with Gasteiger partial charge in [-0.1, -0.05) is 11.6 Å². The summed E-state index contributed by atoms with van der Waals surface area (Å²) in [6.07, 6.45) is -3.80. The number of benzene rings is 1. The average Bonchev–Trinajstić information content (AvgIpc) is 3.39. The van der Waals surface area contributed by atoms with E-state index < -0.39 is 27.7 Å². The van der Waals surface area contributed by atoms with E-state index in [2.05, 4.69) is 21.0 Å². The number of rotatable bonds is 12. The van der Waals surface area contributed by atoms with Crippen LogP contribution in [0.25, 0.3) is 0 Å². The third-order valence-electron chi connectivity index (χ3n) is 5.34. The maximum atomic E-state index is 12.7. The molecule has 4 N–H and O–H groups in total. The molecule has 2 amide bonds. The molecule has 0 fully saturated rings. The van der Waals surface area contributed by atoms with Crippen LogP contribution < -0.4 is 25.8 Å². The Bertz CT molecular complexity index is 1450. The van der Waals surface area contributed by atoms with Crippen molar-refractivity contribution in [3.05, 3.63) is 69.7 Å². The van der Waals surface area contributed by atoms with Crippen LogP contribution in [0.1, 0.15) is 33.6 Å². The van der Waals surface area contributed by atoms with Gasteiger partial charge in [0, 0.05) is 49.4 Å². The predicted molar refractivity (Wildman–Crippen MR) is 147 cm³/mol.